The Kier molecular flexibility index (Phi) is 3.39. The minimum absolute atomic E-state index is 0.0998. The molecule has 1 heterocycles. The van der Waals surface area contributed by atoms with Crippen molar-refractivity contribution in [3.05, 3.63) is 47.5 Å². The lowest BCUT2D eigenvalue weighted by atomic mass is 9.81. The second kappa shape index (κ2) is 5.13. The Bertz CT molecular complexity index is 800. The van der Waals surface area contributed by atoms with Crippen LogP contribution in [-0.4, -0.2) is 20.1 Å². The van der Waals surface area contributed by atoms with Gasteiger partial charge in [-0.1, -0.05) is 39.0 Å². The van der Waals surface area contributed by atoms with Gasteiger partial charge in [0, 0.05) is 5.56 Å². The average molecular weight is 295 g/mol. The van der Waals surface area contributed by atoms with Crippen molar-refractivity contribution in [3.63, 3.8) is 0 Å². The molecule has 0 unspecified atom stereocenters. The number of hydrogen-bond acceptors (Lipinski definition) is 3. The summed E-state index contributed by atoms with van der Waals surface area (Å²) in [5.41, 5.74) is 4.20. The zero-order chi connectivity index (χ0) is 15.9. The van der Waals surface area contributed by atoms with Crippen molar-refractivity contribution in [2.45, 2.75) is 39.5 Å². The molecule has 0 radical (unpaired) electrons. The third-order valence-corrected chi connectivity index (χ3v) is 4.35. The first kappa shape index (κ1) is 14.6. The largest absolute Gasteiger partial charge is 0.505 e. The molecule has 3 aromatic rings. The maximum atomic E-state index is 10.8. The molecule has 0 amide bonds. The molecule has 22 heavy (non-hydrogen) atoms. The van der Waals surface area contributed by atoms with Crippen LogP contribution in [-0.2, 0) is 5.41 Å². The minimum atomic E-state index is -0.0998. The predicted octanol–water partition coefficient (Wildman–Crippen LogP) is 4.12. The van der Waals surface area contributed by atoms with E-state index in [1.807, 2.05) is 43.3 Å². The van der Waals surface area contributed by atoms with Crippen molar-refractivity contribution in [1.29, 1.82) is 0 Å². The van der Waals surface area contributed by atoms with Crippen LogP contribution in [0.5, 0.6) is 5.75 Å². The number of benzene rings is 2. The van der Waals surface area contributed by atoms with Gasteiger partial charge in [-0.05, 0) is 42.5 Å². The molecule has 4 heteroatoms. The van der Waals surface area contributed by atoms with Crippen molar-refractivity contribution in [3.8, 4) is 11.4 Å². The van der Waals surface area contributed by atoms with Gasteiger partial charge < -0.3 is 5.11 Å². The van der Waals surface area contributed by atoms with Crippen LogP contribution in [0.3, 0.4) is 0 Å². The van der Waals surface area contributed by atoms with Gasteiger partial charge in [-0.3, -0.25) is 0 Å². The number of nitrogens with zero attached hydrogens (tertiary/aromatic N) is 3. The third kappa shape index (κ3) is 2.34. The molecule has 0 bridgehead atoms. The van der Waals surface area contributed by atoms with Crippen LogP contribution in [0.2, 0.25) is 0 Å². The van der Waals surface area contributed by atoms with Gasteiger partial charge >= 0.3 is 0 Å². The van der Waals surface area contributed by atoms with Crippen LogP contribution in [0.1, 0.15) is 38.3 Å². The van der Waals surface area contributed by atoms with E-state index in [1.54, 1.807) is 0 Å². The van der Waals surface area contributed by atoms with E-state index in [0.717, 1.165) is 28.6 Å². The van der Waals surface area contributed by atoms with Crippen LogP contribution >= 0.6 is 0 Å². The molecule has 1 N–H and O–H groups in total. The Labute approximate surface area is 130 Å². The lowest BCUT2D eigenvalue weighted by molar-refractivity contribution is 0.423. The van der Waals surface area contributed by atoms with Crippen LogP contribution in [0.15, 0.2) is 36.4 Å². The summed E-state index contributed by atoms with van der Waals surface area (Å²) in [4.78, 5) is 1.53. The topological polar surface area (TPSA) is 50.9 Å². The molecule has 0 aliphatic heterocycles. The van der Waals surface area contributed by atoms with Crippen LogP contribution in [0.4, 0.5) is 0 Å². The number of phenolic OH excluding ortho intramolecular Hbond substituents is 1. The summed E-state index contributed by atoms with van der Waals surface area (Å²) in [6.45, 7) is 8.43. The lowest BCUT2D eigenvalue weighted by Gasteiger charge is -2.25. The van der Waals surface area contributed by atoms with Crippen LogP contribution < -0.4 is 0 Å². The second-order valence-electron chi connectivity index (χ2n) is 6.40. The normalized spacial score (nSPS) is 12.0. The van der Waals surface area contributed by atoms with Crippen molar-refractivity contribution in [1.82, 2.24) is 15.0 Å². The van der Waals surface area contributed by atoms with E-state index in [9.17, 15) is 5.11 Å². The molecule has 0 aliphatic rings. The van der Waals surface area contributed by atoms with Gasteiger partial charge in [0.1, 0.15) is 22.5 Å². The average Bonchev–Trinajstić information content (AvgIpc) is 2.92. The molecule has 0 fully saturated rings. The molecule has 0 aliphatic carbocycles. The maximum absolute atomic E-state index is 10.8. The van der Waals surface area contributed by atoms with E-state index in [0.29, 0.717) is 5.69 Å². The Morgan fingerprint density at radius 2 is 1.68 bits per heavy atom. The first-order chi connectivity index (χ1) is 10.4. The summed E-state index contributed by atoms with van der Waals surface area (Å²) >= 11 is 0. The number of aromatic hydroxyl groups is 1. The summed E-state index contributed by atoms with van der Waals surface area (Å²) < 4.78 is 0. The quantitative estimate of drug-likeness (QED) is 0.790. The highest BCUT2D eigenvalue weighted by Crippen LogP contribution is 2.38. The van der Waals surface area contributed by atoms with Gasteiger partial charge in [0.15, 0.2) is 0 Å². The SMILES string of the molecule is CCC(C)(C)c1cc(C)cc(-n2nc3ccccc3n2)c1O. The van der Waals surface area contributed by atoms with Gasteiger partial charge in [0.2, 0.25) is 0 Å². The molecule has 2 aromatic carbocycles. The monoisotopic (exact) mass is 295 g/mol. The molecule has 3 rings (SSSR count). The summed E-state index contributed by atoms with van der Waals surface area (Å²) in [6, 6.07) is 11.7. The zero-order valence-corrected chi connectivity index (χ0v) is 13.5. The van der Waals surface area contributed by atoms with Gasteiger partial charge in [-0.15, -0.1) is 15.0 Å². The van der Waals surface area contributed by atoms with E-state index >= 15 is 0 Å². The fourth-order valence-electron chi connectivity index (χ4n) is 2.59. The van der Waals surface area contributed by atoms with Crippen molar-refractivity contribution in [2.24, 2.45) is 0 Å². The molecular weight excluding hydrogens is 274 g/mol. The van der Waals surface area contributed by atoms with E-state index in [-0.39, 0.29) is 11.2 Å². The van der Waals surface area contributed by atoms with Crippen molar-refractivity contribution < 1.29 is 5.11 Å². The fourth-order valence-corrected chi connectivity index (χ4v) is 2.59. The number of phenols is 1. The minimum Gasteiger partial charge on any atom is -0.505 e. The van der Waals surface area contributed by atoms with E-state index < -0.39 is 0 Å². The fraction of sp³-hybridized carbons (Fsp3) is 0.333. The molecule has 0 saturated carbocycles. The van der Waals surface area contributed by atoms with Crippen molar-refractivity contribution in [2.75, 3.05) is 0 Å². The van der Waals surface area contributed by atoms with Crippen LogP contribution in [0.25, 0.3) is 16.7 Å². The van der Waals surface area contributed by atoms with Crippen LogP contribution in [0, 0.1) is 6.92 Å². The standard InChI is InChI=1S/C18H21N3O/c1-5-18(3,4)13-10-12(2)11-16(17(13)22)21-19-14-8-6-7-9-15(14)20-21/h6-11,22H,5H2,1-4H3. The molecule has 4 nitrogen and oxygen atoms in total. The van der Waals surface area contributed by atoms with Gasteiger partial charge in [0.25, 0.3) is 0 Å². The lowest BCUT2D eigenvalue weighted by Crippen LogP contribution is -2.17. The Morgan fingerprint density at radius 1 is 1.09 bits per heavy atom. The highest BCUT2D eigenvalue weighted by atomic mass is 16.3. The van der Waals surface area contributed by atoms with E-state index in [2.05, 4.69) is 31.0 Å². The summed E-state index contributed by atoms with van der Waals surface area (Å²) in [7, 11) is 0. The second-order valence-corrected chi connectivity index (χ2v) is 6.40. The molecule has 0 spiro atoms. The Morgan fingerprint density at radius 3 is 2.23 bits per heavy atom. The molecule has 0 saturated heterocycles. The number of aryl methyl sites for hydroxylation is 1. The number of hydrogen-bond donors (Lipinski definition) is 1. The molecule has 114 valence electrons. The summed E-state index contributed by atoms with van der Waals surface area (Å²) in [6.07, 6.45) is 0.942. The molecular formula is C18H21N3O. The highest BCUT2D eigenvalue weighted by molar-refractivity contribution is 5.73. The van der Waals surface area contributed by atoms with Gasteiger partial charge in [0.05, 0.1) is 0 Å². The first-order valence-electron chi connectivity index (χ1n) is 7.59. The third-order valence-electron chi connectivity index (χ3n) is 4.35. The van der Waals surface area contributed by atoms with Gasteiger partial charge in [-0.25, -0.2) is 0 Å². The Hall–Kier alpha value is -2.36. The van der Waals surface area contributed by atoms with E-state index in [4.69, 9.17) is 0 Å². The first-order valence-corrected chi connectivity index (χ1v) is 7.59. The zero-order valence-electron chi connectivity index (χ0n) is 13.5. The molecule has 0 atom stereocenters. The summed E-state index contributed by atoms with van der Waals surface area (Å²) in [5.74, 6) is 0.262. The maximum Gasteiger partial charge on any atom is 0.146 e. The smallest absolute Gasteiger partial charge is 0.146 e. The number of rotatable bonds is 3. The predicted molar refractivity (Wildman–Crippen MR) is 88.6 cm³/mol. The highest BCUT2D eigenvalue weighted by Gasteiger charge is 2.25. The number of fused-ring (bicyclic) bond motifs is 1. The Balaban J connectivity index is 2.22. The van der Waals surface area contributed by atoms with Gasteiger partial charge in [-0.2, -0.15) is 0 Å². The number of aromatic nitrogens is 3. The van der Waals surface area contributed by atoms with Crippen molar-refractivity contribution >= 4 is 11.0 Å². The molecule has 1 aromatic heterocycles. The van der Waals surface area contributed by atoms with E-state index in [1.165, 1.54) is 4.80 Å². The summed E-state index contributed by atoms with van der Waals surface area (Å²) in [5, 5.41) is 19.7.